The minimum atomic E-state index is -1.07. The highest BCUT2D eigenvalue weighted by molar-refractivity contribution is 8.00. The van der Waals surface area contributed by atoms with Crippen LogP contribution in [-0.4, -0.2) is 155 Å². The Kier molecular flexibility index (Phi) is 23.2. The molecule has 0 bridgehead atoms. The van der Waals surface area contributed by atoms with Gasteiger partial charge in [-0.1, -0.05) is 109 Å². The molecule has 358 valence electrons. The van der Waals surface area contributed by atoms with Crippen LogP contribution in [0.15, 0.2) is 30.3 Å². The van der Waals surface area contributed by atoms with Crippen molar-refractivity contribution in [2.45, 2.75) is 166 Å². The fourth-order valence-electron chi connectivity index (χ4n) is 8.46. The third-order valence-corrected chi connectivity index (χ3v) is 13.5. The second-order valence-corrected chi connectivity index (χ2v) is 18.2. The number of hydrogen-bond donors (Lipinski definition) is 4. The van der Waals surface area contributed by atoms with E-state index in [0.717, 1.165) is 43.0 Å². The summed E-state index contributed by atoms with van der Waals surface area (Å²) in [6.45, 7) is 8.21. The number of likely N-dealkylation sites (N-methyl/N-ethyl adjacent to an activating group) is 4. The van der Waals surface area contributed by atoms with Gasteiger partial charge in [0.25, 0.3) is 0 Å². The van der Waals surface area contributed by atoms with Gasteiger partial charge in [-0.05, 0) is 44.1 Å². The highest BCUT2D eigenvalue weighted by Gasteiger charge is 2.43. The van der Waals surface area contributed by atoms with Gasteiger partial charge >= 0.3 is 0 Å². The molecule has 1 aromatic carbocycles. The number of unbranched alkanes of at least 4 members (excludes halogenated alkanes) is 4. The van der Waals surface area contributed by atoms with E-state index < -0.39 is 83.6 Å². The molecule has 16 nitrogen and oxygen atoms in total. The molecule has 4 N–H and O–H groups in total. The Labute approximate surface area is 385 Å². The van der Waals surface area contributed by atoms with Crippen LogP contribution in [0.4, 0.5) is 0 Å². The van der Waals surface area contributed by atoms with Gasteiger partial charge in [-0.3, -0.25) is 38.4 Å². The molecule has 0 unspecified atom stereocenters. The van der Waals surface area contributed by atoms with Crippen molar-refractivity contribution in [3.05, 3.63) is 35.9 Å². The van der Waals surface area contributed by atoms with Crippen molar-refractivity contribution in [3.8, 4) is 0 Å². The summed E-state index contributed by atoms with van der Waals surface area (Å²) in [5.41, 5.74) is 0.793. The third kappa shape index (κ3) is 15.2. The van der Waals surface area contributed by atoms with Crippen LogP contribution in [0.3, 0.4) is 0 Å². The summed E-state index contributed by atoms with van der Waals surface area (Å²) in [6.07, 6.45) is 7.76. The molecule has 0 aromatic heterocycles. The van der Waals surface area contributed by atoms with Crippen molar-refractivity contribution in [1.29, 1.82) is 0 Å². The van der Waals surface area contributed by atoms with Crippen LogP contribution in [0.2, 0.25) is 0 Å². The van der Waals surface area contributed by atoms with Gasteiger partial charge in [0.15, 0.2) is 0 Å². The zero-order valence-electron chi connectivity index (χ0n) is 39.6. The topological polar surface area (TPSA) is 198 Å². The Balaban J connectivity index is 2.15. The number of fused-ring (bicyclic) bond motifs is 1. The average Bonchev–Trinajstić information content (AvgIpc) is 3.79. The quantitative estimate of drug-likeness (QED) is 0.204. The molecule has 2 fully saturated rings. The highest BCUT2D eigenvalue weighted by Crippen LogP contribution is 2.25. The van der Waals surface area contributed by atoms with E-state index in [0.29, 0.717) is 70.8 Å². The Morgan fingerprint density at radius 1 is 0.656 bits per heavy atom. The molecule has 3 rings (SSSR count). The van der Waals surface area contributed by atoms with E-state index in [4.69, 9.17) is 0 Å². The van der Waals surface area contributed by atoms with E-state index in [1.807, 2.05) is 58.0 Å². The molecule has 0 spiro atoms. The lowest BCUT2D eigenvalue weighted by molar-refractivity contribution is -0.152. The molecule has 2 aliphatic heterocycles. The van der Waals surface area contributed by atoms with Crippen molar-refractivity contribution in [3.63, 3.8) is 0 Å². The molecule has 0 aliphatic carbocycles. The van der Waals surface area contributed by atoms with Crippen molar-refractivity contribution >= 4 is 59.0 Å². The van der Waals surface area contributed by atoms with Gasteiger partial charge < -0.3 is 40.9 Å². The maximum Gasteiger partial charge on any atom is 0.246 e. The van der Waals surface area contributed by atoms with E-state index in [1.165, 1.54) is 28.8 Å². The largest absolute Gasteiger partial charge is 0.357 e. The number of nitrogens with one attached hydrogen (secondary N) is 4. The van der Waals surface area contributed by atoms with Gasteiger partial charge in [-0.2, -0.15) is 0 Å². The van der Waals surface area contributed by atoms with Crippen LogP contribution in [0.1, 0.15) is 123 Å². The van der Waals surface area contributed by atoms with E-state index in [2.05, 4.69) is 21.3 Å². The van der Waals surface area contributed by atoms with Gasteiger partial charge in [0, 0.05) is 46.9 Å². The molecule has 7 atom stereocenters. The van der Waals surface area contributed by atoms with Crippen LogP contribution >= 0.6 is 11.8 Å². The number of rotatable bonds is 15. The summed E-state index contributed by atoms with van der Waals surface area (Å²) in [6, 6.07) is 2.39. The van der Waals surface area contributed by atoms with Crippen molar-refractivity contribution in [1.82, 2.24) is 40.9 Å². The Morgan fingerprint density at radius 2 is 1.17 bits per heavy atom. The summed E-state index contributed by atoms with van der Waals surface area (Å²) >= 11 is 1.11. The summed E-state index contributed by atoms with van der Waals surface area (Å²) in [5.74, 6) is -3.85. The first kappa shape index (κ1) is 53.7. The average molecular weight is 913 g/mol. The van der Waals surface area contributed by atoms with Crippen molar-refractivity contribution < 1.29 is 38.4 Å². The minimum Gasteiger partial charge on any atom is -0.357 e. The minimum absolute atomic E-state index is 0.0133. The Morgan fingerprint density at radius 3 is 1.75 bits per heavy atom. The third-order valence-electron chi connectivity index (χ3n) is 12.4. The van der Waals surface area contributed by atoms with Crippen LogP contribution in [0, 0.1) is 0 Å². The SMILES string of the molecule is CCCC[C@@H]1NC(=O)[C@H](CCCC)N(C)C(=O)[C@@H]2CCCN2C(=O)[C@H](CCCC)N(C)C(=O)[C@H](Cc2ccccc2)NC(=O)CSC[C@@H](C(=O)NC)NC(=O)[C@H](CCCC)N(C)C1=O. The number of carbonyl (C=O) groups is 8. The Bertz CT molecular complexity index is 1720. The molecule has 64 heavy (non-hydrogen) atoms. The first-order chi connectivity index (χ1) is 30.6. The van der Waals surface area contributed by atoms with E-state index in [9.17, 15) is 38.4 Å². The lowest BCUT2D eigenvalue weighted by Crippen LogP contribution is -2.60. The van der Waals surface area contributed by atoms with Gasteiger partial charge in [0.05, 0.1) is 5.75 Å². The maximum absolute atomic E-state index is 14.7. The standard InChI is InChI=1S/C47H76N8O8S/c1-9-13-23-33-44(60)52(6)36(24-14-10-2)43(59)51-35(41(57)48-5)30-64-31-40(56)49-34(29-32-21-18-17-19-22-32)45(61)54(8)38(26-16-12-4)47(63)55-28-20-27-39(55)46(62)53(7)37(25-15-11-3)42(58)50-33/h17-19,21-22,33-39H,9-16,20,23-31H2,1-8H3,(H,48,57)(H,49,56)(H,50,58)(H,51,59)/t33-,34-,35-,36-,37-,38-,39-/m0/s1. The molecule has 0 radical (unpaired) electrons. The maximum atomic E-state index is 14.7. The molecule has 2 heterocycles. The number of amides is 8. The lowest BCUT2D eigenvalue weighted by atomic mass is 10.0. The first-order valence-electron chi connectivity index (χ1n) is 23.5. The molecule has 2 aliphatic rings. The monoisotopic (exact) mass is 913 g/mol. The fraction of sp³-hybridized carbons (Fsp3) is 0.702. The predicted molar refractivity (Wildman–Crippen MR) is 250 cm³/mol. The fourth-order valence-corrected chi connectivity index (χ4v) is 9.31. The van der Waals surface area contributed by atoms with Crippen LogP contribution < -0.4 is 21.3 Å². The normalized spacial score (nSPS) is 25.4. The molecule has 2 saturated heterocycles. The molecule has 1 aromatic rings. The lowest BCUT2D eigenvalue weighted by Gasteiger charge is -2.37. The molecule has 17 heteroatoms. The zero-order chi connectivity index (χ0) is 47.3. The predicted octanol–water partition coefficient (Wildman–Crippen LogP) is 3.41. The molecular formula is C47H76N8O8S. The van der Waals surface area contributed by atoms with E-state index in [1.54, 1.807) is 19.0 Å². The zero-order valence-corrected chi connectivity index (χ0v) is 40.4. The number of hydrogen-bond acceptors (Lipinski definition) is 9. The summed E-state index contributed by atoms with van der Waals surface area (Å²) in [5, 5.41) is 11.3. The van der Waals surface area contributed by atoms with E-state index >= 15 is 0 Å². The van der Waals surface area contributed by atoms with Crippen LogP contribution in [0.25, 0.3) is 0 Å². The summed E-state index contributed by atoms with van der Waals surface area (Å²) < 4.78 is 0. The van der Waals surface area contributed by atoms with Crippen LogP contribution in [-0.2, 0) is 44.8 Å². The number of thioether (sulfide) groups is 1. The highest BCUT2D eigenvalue weighted by atomic mass is 32.2. The second kappa shape index (κ2) is 27.6. The smallest absolute Gasteiger partial charge is 0.246 e. The van der Waals surface area contributed by atoms with Gasteiger partial charge in [0.2, 0.25) is 47.3 Å². The van der Waals surface area contributed by atoms with Gasteiger partial charge in [-0.25, -0.2) is 0 Å². The summed E-state index contributed by atoms with van der Waals surface area (Å²) in [7, 11) is 6.10. The molecule has 0 saturated carbocycles. The number of nitrogens with zero attached hydrogens (tertiary/aromatic N) is 4. The molecule has 8 amide bonds. The van der Waals surface area contributed by atoms with E-state index in [-0.39, 0.29) is 23.8 Å². The van der Waals surface area contributed by atoms with Gasteiger partial charge in [0.1, 0.15) is 42.3 Å². The van der Waals surface area contributed by atoms with Crippen LogP contribution in [0.5, 0.6) is 0 Å². The first-order valence-corrected chi connectivity index (χ1v) is 24.6. The second-order valence-electron chi connectivity index (χ2n) is 17.2. The van der Waals surface area contributed by atoms with Gasteiger partial charge in [-0.15, -0.1) is 11.8 Å². The van der Waals surface area contributed by atoms with Crippen molar-refractivity contribution in [2.24, 2.45) is 0 Å². The van der Waals surface area contributed by atoms with Crippen molar-refractivity contribution in [2.75, 3.05) is 46.2 Å². The molecular weight excluding hydrogens is 837 g/mol. The number of carbonyl (C=O) groups excluding carboxylic acids is 8. The summed E-state index contributed by atoms with van der Waals surface area (Å²) in [4.78, 5) is 119. The number of benzene rings is 1. The Hall–Kier alpha value is -4.67.